The van der Waals surface area contributed by atoms with E-state index < -0.39 is 0 Å². The minimum absolute atomic E-state index is 0.00190. The van der Waals surface area contributed by atoms with Gasteiger partial charge in [0, 0.05) is 12.1 Å². The quantitative estimate of drug-likeness (QED) is 0.732. The highest BCUT2D eigenvalue weighted by atomic mass is 16.5. The molecule has 0 saturated carbocycles. The summed E-state index contributed by atoms with van der Waals surface area (Å²) in [5.41, 5.74) is 1.77. The summed E-state index contributed by atoms with van der Waals surface area (Å²) in [4.78, 5) is 19.0. The van der Waals surface area contributed by atoms with Gasteiger partial charge in [0.05, 0.1) is 6.26 Å². The topological polar surface area (TPSA) is 72.4 Å². The Morgan fingerprint density at radius 3 is 2.71 bits per heavy atom. The molecule has 0 unspecified atom stereocenters. The molecule has 2 aromatic heterocycles. The van der Waals surface area contributed by atoms with Gasteiger partial charge in [-0.25, -0.2) is 0 Å². The van der Waals surface area contributed by atoms with E-state index >= 15 is 0 Å². The van der Waals surface area contributed by atoms with E-state index in [0.29, 0.717) is 24.0 Å². The summed E-state index contributed by atoms with van der Waals surface area (Å²) in [6.07, 6.45) is 1.56. The maximum absolute atomic E-state index is 12.8. The third-order valence-electron chi connectivity index (χ3n) is 4.25. The first-order valence-electron chi connectivity index (χ1n) is 7.91. The lowest BCUT2D eigenvalue weighted by molar-refractivity contribution is 0.0596. The number of amides is 1. The van der Waals surface area contributed by atoms with Crippen molar-refractivity contribution in [2.24, 2.45) is 5.92 Å². The van der Waals surface area contributed by atoms with E-state index in [-0.39, 0.29) is 17.9 Å². The number of furan rings is 1. The fraction of sp³-hybridized carbons (Fsp3) is 0.278. The predicted octanol–water partition coefficient (Wildman–Crippen LogP) is 3.68. The van der Waals surface area contributed by atoms with Gasteiger partial charge < -0.3 is 13.8 Å². The van der Waals surface area contributed by atoms with Gasteiger partial charge >= 0.3 is 0 Å². The number of carbonyl (C=O) groups excluding carboxylic acids is 1. The van der Waals surface area contributed by atoms with Crippen LogP contribution in [0.15, 0.2) is 51.6 Å². The maximum Gasteiger partial charge on any atom is 0.255 e. The van der Waals surface area contributed by atoms with Gasteiger partial charge in [0.2, 0.25) is 11.7 Å². The molecule has 3 heterocycles. The summed E-state index contributed by atoms with van der Waals surface area (Å²) in [5, 5.41) is 3.99. The van der Waals surface area contributed by atoms with Crippen LogP contribution in [0.25, 0.3) is 11.6 Å². The highest BCUT2D eigenvalue weighted by Crippen LogP contribution is 2.35. The second kappa shape index (κ2) is 5.63. The molecule has 1 aromatic carbocycles. The number of hydrogen-bond acceptors (Lipinski definition) is 5. The Labute approximate surface area is 139 Å². The van der Waals surface area contributed by atoms with Crippen LogP contribution in [0.4, 0.5) is 0 Å². The zero-order valence-electron chi connectivity index (χ0n) is 13.5. The fourth-order valence-electron chi connectivity index (χ4n) is 3.14. The van der Waals surface area contributed by atoms with Crippen molar-refractivity contribution < 1.29 is 13.7 Å². The lowest BCUT2D eigenvalue weighted by Gasteiger charge is -2.27. The first kappa shape index (κ1) is 14.7. The molecular weight excluding hydrogens is 306 g/mol. The molecule has 0 bridgehead atoms. The third kappa shape index (κ3) is 2.31. The summed E-state index contributed by atoms with van der Waals surface area (Å²) in [5.74, 6) is 1.50. The summed E-state index contributed by atoms with van der Waals surface area (Å²) < 4.78 is 10.8. The third-order valence-corrected chi connectivity index (χ3v) is 4.25. The maximum atomic E-state index is 12.8. The average Bonchev–Trinajstić information content (AvgIpc) is 3.29. The summed E-state index contributed by atoms with van der Waals surface area (Å²) in [6, 6.07) is 10.9. The highest BCUT2D eigenvalue weighted by molar-refractivity contribution is 5.98. The first-order chi connectivity index (χ1) is 11.6. The smallest absolute Gasteiger partial charge is 0.255 e. The Kier molecular flexibility index (Phi) is 3.45. The highest BCUT2D eigenvalue weighted by Gasteiger charge is 2.37. The van der Waals surface area contributed by atoms with Gasteiger partial charge in [0.15, 0.2) is 5.76 Å². The van der Waals surface area contributed by atoms with Crippen LogP contribution in [-0.2, 0) is 6.54 Å². The van der Waals surface area contributed by atoms with Crippen molar-refractivity contribution in [3.05, 3.63) is 59.7 Å². The van der Waals surface area contributed by atoms with Gasteiger partial charge in [-0.3, -0.25) is 4.79 Å². The van der Waals surface area contributed by atoms with Gasteiger partial charge in [0.25, 0.3) is 5.91 Å². The molecule has 24 heavy (non-hydrogen) atoms. The molecular formula is C18H17N3O3. The molecule has 0 aliphatic carbocycles. The zero-order chi connectivity index (χ0) is 16.7. The Hall–Kier alpha value is -2.89. The number of nitrogens with zero attached hydrogens (tertiary/aromatic N) is 3. The van der Waals surface area contributed by atoms with Crippen molar-refractivity contribution in [2.45, 2.75) is 26.4 Å². The van der Waals surface area contributed by atoms with Gasteiger partial charge in [-0.2, -0.15) is 4.98 Å². The van der Waals surface area contributed by atoms with Crippen LogP contribution >= 0.6 is 0 Å². The molecule has 4 rings (SSSR count). The Morgan fingerprint density at radius 1 is 1.17 bits per heavy atom. The van der Waals surface area contributed by atoms with Gasteiger partial charge in [-0.1, -0.05) is 37.2 Å². The number of hydrogen-bond donors (Lipinski definition) is 0. The molecule has 0 N–H and O–H groups in total. The van der Waals surface area contributed by atoms with Gasteiger partial charge in [-0.05, 0) is 29.7 Å². The average molecular weight is 323 g/mol. The molecule has 1 aliphatic heterocycles. The molecule has 6 heteroatoms. The predicted molar refractivity (Wildman–Crippen MR) is 85.9 cm³/mol. The molecule has 3 aromatic rings. The van der Waals surface area contributed by atoms with E-state index in [0.717, 1.165) is 11.1 Å². The second-order valence-electron chi connectivity index (χ2n) is 6.21. The van der Waals surface area contributed by atoms with Crippen LogP contribution in [-0.4, -0.2) is 20.9 Å². The normalized spacial score (nSPS) is 15.1. The number of benzene rings is 1. The molecule has 1 aliphatic rings. The molecule has 122 valence electrons. The zero-order valence-corrected chi connectivity index (χ0v) is 13.5. The van der Waals surface area contributed by atoms with Crippen LogP contribution in [0.2, 0.25) is 0 Å². The van der Waals surface area contributed by atoms with Crippen molar-refractivity contribution in [1.82, 2.24) is 15.0 Å². The van der Waals surface area contributed by atoms with Crippen molar-refractivity contribution >= 4 is 5.91 Å². The van der Waals surface area contributed by atoms with E-state index in [2.05, 4.69) is 10.1 Å². The van der Waals surface area contributed by atoms with Crippen molar-refractivity contribution in [1.29, 1.82) is 0 Å². The van der Waals surface area contributed by atoms with E-state index in [1.54, 1.807) is 23.3 Å². The number of rotatable bonds is 4. The summed E-state index contributed by atoms with van der Waals surface area (Å²) in [6.45, 7) is 4.63. The first-order valence-corrected chi connectivity index (χ1v) is 7.91. The molecule has 6 nitrogen and oxygen atoms in total. The molecule has 0 saturated heterocycles. The molecule has 0 radical (unpaired) electrons. The van der Waals surface area contributed by atoms with E-state index in [9.17, 15) is 4.79 Å². The van der Waals surface area contributed by atoms with Crippen LogP contribution in [0.5, 0.6) is 0 Å². The van der Waals surface area contributed by atoms with Crippen LogP contribution in [0.3, 0.4) is 0 Å². The van der Waals surface area contributed by atoms with Crippen molar-refractivity contribution in [3.8, 4) is 11.6 Å². The van der Waals surface area contributed by atoms with E-state index in [4.69, 9.17) is 8.94 Å². The second-order valence-corrected chi connectivity index (χ2v) is 6.21. The van der Waals surface area contributed by atoms with Crippen molar-refractivity contribution in [2.75, 3.05) is 0 Å². The lowest BCUT2D eigenvalue weighted by atomic mass is 10.0. The minimum Gasteiger partial charge on any atom is -0.461 e. The summed E-state index contributed by atoms with van der Waals surface area (Å²) >= 11 is 0. The molecule has 0 fully saturated rings. The van der Waals surface area contributed by atoms with Gasteiger partial charge in [0.1, 0.15) is 6.04 Å². The van der Waals surface area contributed by atoms with Crippen molar-refractivity contribution in [3.63, 3.8) is 0 Å². The monoisotopic (exact) mass is 323 g/mol. The minimum atomic E-state index is -0.277. The number of aromatic nitrogens is 2. The Morgan fingerprint density at radius 2 is 2.00 bits per heavy atom. The molecule has 1 atom stereocenters. The molecule has 1 amide bonds. The van der Waals surface area contributed by atoms with Crippen LogP contribution in [0, 0.1) is 5.92 Å². The van der Waals surface area contributed by atoms with Crippen LogP contribution < -0.4 is 0 Å². The largest absolute Gasteiger partial charge is 0.461 e. The van der Waals surface area contributed by atoms with E-state index in [1.165, 1.54) is 0 Å². The lowest BCUT2D eigenvalue weighted by Crippen LogP contribution is -2.32. The Bertz CT molecular complexity index is 867. The summed E-state index contributed by atoms with van der Waals surface area (Å²) in [7, 11) is 0. The van der Waals surface area contributed by atoms with Gasteiger partial charge in [-0.15, -0.1) is 0 Å². The van der Waals surface area contributed by atoms with Crippen LogP contribution in [0.1, 0.15) is 41.7 Å². The fourth-order valence-corrected chi connectivity index (χ4v) is 3.14. The van der Waals surface area contributed by atoms with E-state index in [1.807, 2.05) is 38.1 Å². The SMILES string of the molecule is CC(C)[C@H](c1nc(-c2ccco2)no1)N1Cc2ccccc2C1=O. The Balaban J connectivity index is 1.68. The standard InChI is InChI=1S/C18H17N3O3/c1-11(2)15(17-19-16(20-24-17)14-8-5-9-23-14)21-10-12-6-3-4-7-13(12)18(21)22/h3-9,11,15H,10H2,1-2H3/t15-/m1/s1. The number of carbonyl (C=O) groups is 1. The number of fused-ring (bicyclic) bond motifs is 1. The molecule has 0 spiro atoms.